The first kappa shape index (κ1) is 13.2. The van der Waals surface area contributed by atoms with Crippen molar-refractivity contribution < 1.29 is 4.74 Å². The molecular weight excluding hydrogens is 268 g/mol. The first-order valence-corrected chi connectivity index (χ1v) is 7.19. The van der Waals surface area contributed by atoms with Gasteiger partial charge in [0.1, 0.15) is 5.75 Å². The first-order chi connectivity index (χ1) is 9.72. The lowest BCUT2D eigenvalue weighted by Gasteiger charge is -2.28. The molecule has 0 spiro atoms. The van der Waals surface area contributed by atoms with Crippen molar-refractivity contribution >= 4 is 28.1 Å². The highest BCUT2D eigenvalue weighted by atomic mass is 32.1. The average molecular weight is 286 g/mol. The molecule has 0 fully saturated rings. The Morgan fingerprint density at radius 2 is 2.10 bits per heavy atom. The fourth-order valence-corrected chi connectivity index (χ4v) is 3.19. The number of methoxy groups -OCH3 is 1. The van der Waals surface area contributed by atoms with E-state index in [1.54, 1.807) is 7.11 Å². The van der Waals surface area contributed by atoms with E-state index in [1.165, 1.54) is 21.9 Å². The minimum atomic E-state index is 0.310. The van der Waals surface area contributed by atoms with Crippen LogP contribution in [-0.4, -0.2) is 25.3 Å². The monoisotopic (exact) mass is 286 g/mol. The van der Waals surface area contributed by atoms with E-state index in [2.05, 4.69) is 41.0 Å². The van der Waals surface area contributed by atoms with E-state index in [-0.39, 0.29) is 0 Å². The van der Waals surface area contributed by atoms with Gasteiger partial charge in [-0.1, -0.05) is 24.3 Å². The van der Waals surface area contributed by atoms with Gasteiger partial charge in [0.2, 0.25) is 0 Å². The Kier molecular flexibility index (Phi) is 3.49. The number of rotatable bonds is 2. The van der Waals surface area contributed by atoms with Gasteiger partial charge in [0.05, 0.1) is 7.11 Å². The molecule has 1 aliphatic rings. The topological polar surface area (TPSA) is 33.3 Å². The summed E-state index contributed by atoms with van der Waals surface area (Å²) in [5.41, 5.74) is 2.64. The van der Waals surface area contributed by atoms with Gasteiger partial charge in [0.25, 0.3) is 0 Å². The fraction of sp³-hybridized carbons (Fsp3) is 0.312. The van der Waals surface area contributed by atoms with Crippen LogP contribution in [0.4, 0.5) is 0 Å². The number of ether oxygens (including phenoxy) is 1. The molecule has 0 bridgehead atoms. The quantitative estimate of drug-likeness (QED) is 0.831. The van der Waals surface area contributed by atoms with Gasteiger partial charge in [-0.15, -0.1) is 0 Å². The number of hydrogen-bond acceptors (Lipinski definition) is 2. The van der Waals surface area contributed by atoms with Crippen LogP contribution < -0.4 is 15.4 Å². The molecule has 1 atom stereocenters. The fourth-order valence-electron chi connectivity index (χ4n) is 3.02. The molecule has 0 radical (unpaired) electrons. The maximum atomic E-state index is 5.54. The summed E-state index contributed by atoms with van der Waals surface area (Å²) in [5, 5.41) is 9.67. The molecule has 0 aliphatic heterocycles. The van der Waals surface area contributed by atoms with E-state index in [4.69, 9.17) is 17.0 Å². The molecule has 3 nitrogen and oxygen atoms in total. The zero-order valence-corrected chi connectivity index (χ0v) is 12.5. The molecule has 0 heterocycles. The second-order valence-corrected chi connectivity index (χ2v) is 5.50. The van der Waals surface area contributed by atoms with Crippen LogP contribution in [-0.2, 0) is 12.8 Å². The van der Waals surface area contributed by atoms with Crippen molar-refractivity contribution in [2.75, 3.05) is 14.2 Å². The second-order valence-electron chi connectivity index (χ2n) is 5.09. The van der Waals surface area contributed by atoms with Crippen molar-refractivity contribution in [3.8, 4) is 5.75 Å². The van der Waals surface area contributed by atoms with Crippen LogP contribution in [0.1, 0.15) is 11.1 Å². The van der Waals surface area contributed by atoms with Crippen LogP contribution in [0.3, 0.4) is 0 Å². The molecule has 2 aromatic carbocycles. The summed E-state index contributed by atoms with van der Waals surface area (Å²) in [7, 11) is 3.57. The standard InChI is InChI=1S/C16H18N2OS/c1-17-16(20)18-12-8-11-5-3-4-10-6-7-14(19-2)13(9-12)15(10)11/h3-7,12H,8-9H2,1-2H3,(H2,17,18,20). The average Bonchev–Trinajstić information content (AvgIpc) is 2.47. The van der Waals surface area contributed by atoms with Gasteiger partial charge >= 0.3 is 0 Å². The normalized spacial score (nSPS) is 16.8. The molecular formula is C16H18N2OS. The Hall–Kier alpha value is -1.81. The van der Waals surface area contributed by atoms with Crippen molar-refractivity contribution in [2.24, 2.45) is 0 Å². The van der Waals surface area contributed by atoms with Crippen molar-refractivity contribution in [3.63, 3.8) is 0 Å². The Morgan fingerprint density at radius 3 is 2.85 bits per heavy atom. The van der Waals surface area contributed by atoms with Crippen LogP contribution in [0, 0.1) is 0 Å². The molecule has 20 heavy (non-hydrogen) atoms. The number of nitrogens with one attached hydrogen (secondary N) is 2. The lowest BCUT2D eigenvalue weighted by Crippen LogP contribution is -2.43. The third-order valence-electron chi connectivity index (χ3n) is 3.90. The highest BCUT2D eigenvalue weighted by molar-refractivity contribution is 7.80. The van der Waals surface area contributed by atoms with Crippen LogP contribution in [0.15, 0.2) is 30.3 Å². The molecule has 0 amide bonds. The Morgan fingerprint density at radius 1 is 1.25 bits per heavy atom. The molecule has 0 aromatic heterocycles. The van der Waals surface area contributed by atoms with Gasteiger partial charge in [-0.25, -0.2) is 0 Å². The van der Waals surface area contributed by atoms with Crippen molar-refractivity contribution in [1.82, 2.24) is 10.6 Å². The van der Waals surface area contributed by atoms with Gasteiger partial charge in [-0.3, -0.25) is 0 Å². The van der Waals surface area contributed by atoms with Gasteiger partial charge in [0, 0.05) is 18.7 Å². The second kappa shape index (κ2) is 5.29. The van der Waals surface area contributed by atoms with E-state index in [0.717, 1.165) is 18.6 Å². The minimum Gasteiger partial charge on any atom is -0.496 e. The molecule has 1 unspecified atom stereocenters. The lowest BCUT2D eigenvalue weighted by atomic mass is 9.85. The zero-order chi connectivity index (χ0) is 14.1. The van der Waals surface area contributed by atoms with Gasteiger partial charge in [-0.2, -0.15) is 0 Å². The van der Waals surface area contributed by atoms with E-state index in [9.17, 15) is 0 Å². The molecule has 1 aliphatic carbocycles. The maximum absolute atomic E-state index is 5.54. The van der Waals surface area contributed by atoms with Crippen molar-refractivity contribution in [1.29, 1.82) is 0 Å². The zero-order valence-electron chi connectivity index (χ0n) is 11.7. The van der Waals surface area contributed by atoms with Crippen LogP contribution in [0.25, 0.3) is 10.8 Å². The van der Waals surface area contributed by atoms with E-state index in [0.29, 0.717) is 11.2 Å². The summed E-state index contributed by atoms with van der Waals surface area (Å²) in [6.45, 7) is 0. The van der Waals surface area contributed by atoms with Gasteiger partial charge in [0.15, 0.2) is 5.11 Å². The molecule has 0 saturated heterocycles. The maximum Gasteiger partial charge on any atom is 0.166 e. The third-order valence-corrected chi connectivity index (χ3v) is 4.22. The molecule has 3 rings (SSSR count). The Balaban J connectivity index is 2.06. The summed E-state index contributed by atoms with van der Waals surface area (Å²) >= 11 is 5.22. The molecule has 4 heteroatoms. The lowest BCUT2D eigenvalue weighted by molar-refractivity contribution is 0.407. The summed E-state index contributed by atoms with van der Waals surface area (Å²) < 4.78 is 5.54. The highest BCUT2D eigenvalue weighted by Crippen LogP contribution is 2.35. The third kappa shape index (κ3) is 2.20. The Bertz CT molecular complexity index is 669. The number of thiocarbonyl (C=S) groups is 1. The smallest absolute Gasteiger partial charge is 0.166 e. The Labute approximate surface area is 124 Å². The molecule has 2 N–H and O–H groups in total. The first-order valence-electron chi connectivity index (χ1n) is 6.78. The van der Waals surface area contributed by atoms with Crippen LogP contribution >= 0.6 is 12.2 Å². The predicted octanol–water partition coefficient (Wildman–Crippen LogP) is 2.41. The molecule has 0 saturated carbocycles. The predicted molar refractivity (Wildman–Crippen MR) is 86.5 cm³/mol. The summed E-state index contributed by atoms with van der Waals surface area (Å²) in [6.07, 6.45) is 1.92. The summed E-state index contributed by atoms with van der Waals surface area (Å²) in [4.78, 5) is 0. The van der Waals surface area contributed by atoms with Crippen molar-refractivity contribution in [2.45, 2.75) is 18.9 Å². The number of hydrogen-bond donors (Lipinski definition) is 2. The van der Waals surface area contributed by atoms with E-state index < -0.39 is 0 Å². The SMILES string of the molecule is CNC(=S)NC1Cc2cccc3ccc(OC)c(c23)C1. The van der Waals surface area contributed by atoms with Gasteiger partial charge in [-0.05, 0) is 47.5 Å². The molecule has 104 valence electrons. The van der Waals surface area contributed by atoms with Gasteiger partial charge < -0.3 is 15.4 Å². The van der Waals surface area contributed by atoms with E-state index in [1.807, 2.05) is 7.05 Å². The summed E-state index contributed by atoms with van der Waals surface area (Å²) in [5.74, 6) is 0.965. The van der Waals surface area contributed by atoms with Crippen LogP contribution in [0.5, 0.6) is 5.75 Å². The largest absolute Gasteiger partial charge is 0.496 e. The summed E-state index contributed by atoms with van der Waals surface area (Å²) in [6, 6.07) is 11.0. The number of benzene rings is 2. The minimum absolute atomic E-state index is 0.310. The molecule has 2 aromatic rings. The van der Waals surface area contributed by atoms with Crippen LogP contribution in [0.2, 0.25) is 0 Å². The van der Waals surface area contributed by atoms with Crippen molar-refractivity contribution in [3.05, 3.63) is 41.5 Å². The highest BCUT2D eigenvalue weighted by Gasteiger charge is 2.23. The van der Waals surface area contributed by atoms with E-state index >= 15 is 0 Å².